The number of piperidine rings is 1. The summed E-state index contributed by atoms with van der Waals surface area (Å²) in [7, 11) is 0. The standard InChI is InChI=1S/C16H24ClNO/c1-16(2,3)18-9-5-7-13(11-18)15(19)12-6-4-8-14(17)10-12/h4,6,8,10,13,15,19H,5,7,9,11H2,1-3H3/t13-,15+/m1/s1. The van der Waals surface area contributed by atoms with Crippen LogP contribution in [0.15, 0.2) is 24.3 Å². The van der Waals surface area contributed by atoms with E-state index in [0.717, 1.165) is 31.5 Å². The number of hydrogen-bond donors (Lipinski definition) is 1. The number of benzene rings is 1. The van der Waals surface area contributed by atoms with Gasteiger partial charge in [0.1, 0.15) is 0 Å². The minimum atomic E-state index is -0.413. The predicted molar refractivity (Wildman–Crippen MR) is 80.5 cm³/mol. The number of likely N-dealkylation sites (tertiary alicyclic amines) is 1. The molecular weight excluding hydrogens is 258 g/mol. The van der Waals surface area contributed by atoms with Crippen molar-refractivity contribution in [2.45, 2.75) is 45.3 Å². The van der Waals surface area contributed by atoms with E-state index in [9.17, 15) is 5.11 Å². The minimum absolute atomic E-state index is 0.173. The lowest BCUT2D eigenvalue weighted by molar-refractivity contribution is 0.0148. The summed E-state index contributed by atoms with van der Waals surface area (Å²) in [5.74, 6) is 0.298. The van der Waals surface area contributed by atoms with Crippen LogP contribution < -0.4 is 0 Å². The van der Waals surface area contributed by atoms with Gasteiger partial charge < -0.3 is 5.11 Å². The number of halogens is 1. The van der Waals surface area contributed by atoms with E-state index in [0.29, 0.717) is 10.9 Å². The Morgan fingerprint density at radius 2 is 2.11 bits per heavy atom. The van der Waals surface area contributed by atoms with Gasteiger partial charge in [0.05, 0.1) is 6.10 Å². The zero-order valence-electron chi connectivity index (χ0n) is 12.1. The maximum atomic E-state index is 10.6. The highest BCUT2D eigenvalue weighted by atomic mass is 35.5. The van der Waals surface area contributed by atoms with Crippen LogP contribution in [0.2, 0.25) is 5.02 Å². The lowest BCUT2D eigenvalue weighted by atomic mass is 9.86. The van der Waals surface area contributed by atoms with E-state index in [-0.39, 0.29) is 5.54 Å². The quantitative estimate of drug-likeness (QED) is 0.889. The highest BCUT2D eigenvalue weighted by molar-refractivity contribution is 6.30. The average molecular weight is 282 g/mol. The molecule has 1 aliphatic rings. The Hall–Kier alpha value is -0.570. The normalized spacial score (nSPS) is 23.3. The van der Waals surface area contributed by atoms with Crippen LogP contribution in [0.3, 0.4) is 0 Å². The summed E-state index contributed by atoms with van der Waals surface area (Å²) in [5.41, 5.74) is 1.11. The topological polar surface area (TPSA) is 23.5 Å². The Morgan fingerprint density at radius 1 is 1.37 bits per heavy atom. The van der Waals surface area contributed by atoms with E-state index in [1.165, 1.54) is 0 Å². The van der Waals surface area contributed by atoms with Gasteiger partial charge in [-0.15, -0.1) is 0 Å². The Morgan fingerprint density at radius 3 is 2.74 bits per heavy atom. The summed E-state index contributed by atoms with van der Waals surface area (Å²) >= 11 is 6.01. The van der Waals surface area contributed by atoms with Crippen molar-refractivity contribution in [3.63, 3.8) is 0 Å². The molecule has 0 radical (unpaired) electrons. The van der Waals surface area contributed by atoms with Gasteiger partial charge in [0.15, 0.2) is 0 Å². The fourth-order valence-corrected chi connectivity index (χ4v) is 3.04. The van der Waals surface area contributed by atoms with Crippen LogP contribution in [0.25, 0.3) is 0 Å². The molecule has 1 aromatic rings. The summed E-state index contributed by atoms with van der Waals surface area (Å²) in [4.78, 5) is 2.47. The molecule has 1 aromatic carbocycles. The molecule has 2 rings (SSSR count). The van der Waals surface area contributed by atoms with Gasteiger partial charge in [-0.2, -0.15) is 0 Å². The van der Waals surface area contributed by atoms with Crippen LogP contribution in [0.1, 0.15) is 45.3 Å². The van der Waals surface area contributed by atoms with Crippen molar-refractivity contribution in [2.24, 2.45) is 5.92 Å². The number of hydrogen-bond acceptors (Lipinski definition) is 2. The van der Waals surface area contributed by atoms with Crippen LogP contribution >= 0.6 is 11.6 Å². The molecule has 0 unspecified atom stereocenters. The van der Waals surface area contributed by atoms with Crippen LogP contribution in [0.5, 0.6) is 0 Å². The second-order valence-electron chi connectivity index (χ2n) is 6.52. The van der Waals surface area contributed by atoms with Crippen LogP contribution in [0.4, 0.5) is 0 Å². The summed E-state index contributed by atoms with van der Waals surface area (Å²) in [5, 5.41) is 11.3. The first kappa shape index (κ1) is 14.8. The van der Waals surface area contributed by atoms with Crippen molar-refractivity contribution in [1.29, 1.82) is 0 Å². The Bertz CT molecular complexity index is 427. The van der Waals surface area contributed by atoms with E-state index in [1.54, 1.807) is 0 Å². The molecule has 0 saturated carbocycles. The molecule has 0 aliphatic carbocycles. The van der Waals surface area contributed by atoms with Crippen molar-refractivity contribution in [3.05, 3.63) is 34.9 Å². The number of aliphatic hydroxyl groups is 1. The first-order chi connectivity index (χ1) is 8.88. The van der Waals surface area contributed by atoms with E-state index < -0.39 is 6.10 Å². The Balaban J connectivity index is 2.09. The number of rotatable bonds is 2. The predicted octanol–water partition coefficient (Wildman–Crippen LogP) is 3.88. The molecular formula is C16H24ClNO. The minimum Gasteiger partial charge on any atom is -0.388 e. The summed E-state index contributed by atoms with van der Waals surface area (Å²) in [6.45, 7) is 8.79. The maximum Gasteiger partial charge on any atom is 0.0830 e. The van der Waals surface area contributed by atoms with Crippen LogP contribution in [-0.2, 0) is 0 Å². The first-order valence-corrected chi connectivity index (χ1v) is 7.44. The smallest absolute Gasteiger partial charge is 0.0830 e. The second kappa shape index (κ2) is 5.82. The summed E-state index contributed by atoms with van der Waals surface area (Å²) in [6, 6.07) is 7.60. The van der Waals surface area contributed by atoms with Gasteiger partial charge in [0.2, 0.25) is 0 Å². The molecule has 0 amide bonds. The van der Waals surface area contributed by atoms with E-state index in [2.05, 4.69) is 25.7 Å². The van der Waals surface area contributed by atoms with Crippen molar-refractivity contribution >= 4 is 11.6 Å². The third-order valence-corrected chi connectivity index (χ3v) is 4.28. The summed E-state index contributed by atoms with van der Waals surface area (Å²) in [6.07, 6.45) is 1.82. The maximum absolute atomic E-state index is 10.6. The second-order valence-corrected chi connectivity index (χ2v) is 6.96. The van der Waals surface area contributed by atoms with Gasteiger partial charge >= 0.3 is 0 Å². The molecule has 0 aromatic heterocycles. The van der Waals surface area contributed by atoms with E-state index >= 15 is 0 Å². The molecule has 19 heavy (non-hydrogen) atoms. The first-order valence-electron chi connectivity index (χ1n) is 7.06. The molecule has 0 bridgehead atoms. The van der Waals surface area contributed by atoms with Crippen molar-refractivity contribution in [3.8, 4) is 0 Å². The molecule has 2 atom stereocenters. The van der Waals surface area contributed by atoms with Gasteiger partial charge in [-0.05, 0) is 57.9 Å². The number of aliphatic hydroxyl groups excluding tert-OH is 1. The van der Waals surface area contributed by atoms with Crippen LogP contribution in [0, 0.1) is 5.92 Å². The highest BCUT2D eigenvalue weighted by Gasteiger charge is 2.31. The van der Waals surface area contributed by atoms with Gasteiger partial charge in [0, 0.05) is 23.0 Å². The van der Waals surface area contributed by atoms with E-state index in [4.69, 9.17) is 11.6 Å². The zero-order valence-corrected chi connectivity index (χ0v) is 12.8. The number of nitrogens with zero attached hydrogens (tertiary/aromatic N) is 1. The average Bonchev–Trinajstić information content (AvgIpc) is 2.37. The largest absolute Gasteiger partial charge is 0.388 e. The Kier molecular flexibility index (Phi) is 4.54. The third-order valence-electron chi connectivity index (χ3n) is 4.04. The van der Waals surface area contributed by atoms with E-state index in [1.807, 2.05) is 24.3 Å². The third kappa shape index (κ3) is 3.71. The highest BCUT2D eigenvalue weighted by Crippen LogP contribution is 2.33. The molecule has 1 aliphatic heterocycles. The molecule has 1 fully saturated rings. The molecule has 1 N–H and O–H groups in total. The molecule has 106 valence electrons. The molecule has 0 spiro atoms. The monoisotopic (exact) mass is 281 g/mol. The SMILES string of the molecule is CC(C)(C)N1CCC[C@@H]([C@@H](O)c2cccc(Cl)c2)C1. The molecule has 3 heteroatoms. The van der Waals surface area contributed by atoms with Gasteiger partial charge in [-0.1, -0.05) is 23.7 Å². The Labute approximate surface area is 121 Å². The van der Waals surface area contributed by atoms with Crippen molar-refractivity contribution in [1.82, 2.24) is 4.90 Å². The summed E-state index contributed by atoms with van der Waals surface area (Å²) < 4.78 is 0. The fraction of sp³-hybridized carbons (Fsp3) is 0.625. The van der Waals surface area contributed by atoms with Crippen molar-refractivity contribution < 1.29 is 5.11 Å². The van der Waals surface area contributed by atoms with Crippen LogP contribution in [-0.4, -0.2) is 28.6 Å². The molecule has 2 nitrogen and oxygen atoms in total. The lowest BCUT2D eigenvalue weighted by Gasteiger charge is -2.42. The fourth-order valence-electron chi connectivity index (χ4n) is 2.84. The molecule has 1 heterocycles. The van der Waals surface area contributed by atoms with Gasteiger partial charge in [0.25, 0.3) is 0 Å². The van der Waals surface area contributed by atoms with Gasteiger partial charge in [-0.25, -0.2) is 0 Å². The zero-order chi connectivity index (χ0) is 14.0. The van der Waals surface area contributed by atoms with Gasteiger partial charge in [-0.3, -0.25) is 4.90 Å². The lowest BCUT2D eigenvalue weighted by Crippen LogP contribution is -2.48. The van der Waals surface area contributed by atoms with Crippen molar-refractivity contribution in [2.75, 3.05) is 13.1 Å². The molecule has 1 saturated heterocycles.